The molecule has 114 valence electrons. The highest BCUT2D eigenvalue weighted by atomic mass is 16.2. The molecule has 2 saturated heterocycles. The van der Waals surface area contributed by atoms with Gasteiger partial charge in [0.2, 0.25) is 5.91 Å². The summed E-state index contributed by atoms with van der Waals surface area (Å²) in [5.41, 5.74) is 6.13. The molecule has 3 rings (SSSR count). The molecule has 3 fully saturated rings. The number of nitrogens with zero attached hydrogens (tertiary/aromatic N) is 1. The number of nitrogens with two attached hydrogens (primary N) is 1. The maximum atomic E-state index is 12.6. The van der Waals surface area contributed by atoms with Crippen LogP contribution in [0.3, 0.4) is 0 Å². The Morgan fingerprint density at radius 2 is 1.95 bits per heavy atom. The zero-order chi connectivity index (χ0) is 14.1. The first-order valence-corrected chi connectivity index (χ1v) is 8.47. The zero-order valence-corrected chi connectivity index (χ0v) is 12.7. The molecule has 4 nitrogen and oxygen atoms in total. The molecule has 20 heavy (non-hydrogen) atoms. The minimum atomic E-state index is 0.136. The van der Waals surface area contributed by atoms with Crippen LogP contribution in [0.25, 0.3) is 0 Å². The predicted octanol–water partition coefficient (Wildman–Crippen LogP) is 1.49. The minimum absolute atomic E-state index is 0.136. The molecule has 5 atom stereocenters. The van der Waals surface area contributed by atoms with Crippen molar-refractivity contribution in [3.63, 3.8) is 0 Å². The second kappa shape index (κ2) is 6.02. The third-order valence-electron chi connectivity index (χ3n) is 5.88. The van der Waals surface area contributed by atoms with E-state index in [1.165, 1.54) is 25.8 Å². The Balaban J connectivity index is 1.58. The van der Waals surface area contributed by atoms with E-state index in [-0.39, 0.29) is 17.9 Å². The molecule has 3 N–H and O–H groups in total. The van der Waals surface area contributed by atoms with Crippen LogP contribution in [0.5, 0.6) is 0 Å². The first-order valence-electron chi connectivity index (χ1n) is 8.47. The highest BCUT2D eigenvalue weighted by Crippen LogP contribution is 2.31. The molecule has 0 aromatic rings. The monoisotopic (exact) mass is 279 g/mol. The van der Waals surface area contributed by atoms with Gasteiger partial charge in [-0.25, -0.2) is 0 Å². The summed E-state index contributed by atoms with van der Waals surface area (Å²) in [6.07, 6.45) is 8.22. The molecule has 0 aromatic carbocycles. The SMILES string of the molecule is CC1C(N)CCCC1C(=O)NC1CCN2CCCCC12. The summed E-state index contributed by atoms with van der Waals surface area (Å²) in [4.78, 5) is 15.2. The summed E-state index contributed by atoms with van der Waals surface area (Å²) in [6.45, 7) is 4.53. The van der Waals surface area contributed by atoms with Crippen LogP contribution in [0.1, 0.15) is 51.9 Å². The molecular weight excluding hydrogens is 250 g/mol. The summed E-state index contributed by atoms with van der Waals surface area (Å²) in [7, 11) is 0. The number of amides is 1. The van der Waals surface area contributed by atoms with E-state index >= 15 is 0 Å². The largest absolute Gasteiger partial charge is 0.351 e. The topological polar surface area (TPSA) is 58.4 Å². The van der Waals surface area contributed by atoms with E-state index in [1.54, 1.807) is 0 Å². The summed E-state index contributed by atoms with van der Waals surface area (Å²) in [5, 5.41) is 3.36. The van der Waals surface area contributed by atoms with Crippen molar-refractivity contribution in [3.05, 3.63) is 0 Å². The molecule has 0 aromatic heterocycles. The Morgan fingerprint density at radius 3 is 2.80 bits per heavy atom. The number of nitrogens with one attached hydrogen (secondary N) is 1. The van der Waals surface area contributed by atoms with Crippen LogP contribution >= 0.6 is 0 Å². The first-order chi connectivity index (χ1) is 9.66. The Morgan fingerprint density at radius 1 is 1.10 bits per heavy atom. The molecule has 1 amide bonds. The van der Waals surface area contributed by atoms with Gasteiger partial charge in [-0.05, 0) is 44.6 Å². The summed E-state index contributed by atoms with van der Waals surface area (Å²) < 4.78 is 0. The normalized spacial score (nSPS) is 42.2. The van der Waals surface area contributed by atoms with E-state index in [4.69, 9.17) is 5.73 Å². The van der Waals surface area contributed by atoms with Gasteiger partial charge in [0.15, 0.2) is 0 Å². The molecule has 1 saturated carbocycles. The summed E-state index contributed by atoms with van der Waals surface area (Å²) >= 11 is 0. The predicted molar refractivity (Wildman–Crippen MR) is 80.2 cm³/mol. The van der Waals surface area contributed by atoms with Crippen molar-refractivity contribution < 1.29 is 4.79 Å². The minimum Gasteiger partial charge on any atom is -0.351 e. The van der Waals surface area contributed by atoms with Crippen LogP contribution in [0.2, 0.25) is 0 Å². The van der Waals surface area contributed by atoms with Gasteiger partial charge >= 0.3 is 0 Å². The summed E-state index contributed by atoms with van der Waals surface area (Å²) in [6, 6.07) is 1.18. The lowest BCUT2D eigenvalue weighted by molar-refractivity contribution is -0.128. The number of piperidine rings is 1. The van der Waals surface area contributed by atoms with Crippen molar-refractivity contribution >= 4 is 5.91 Å². The van der Waals surface area contributed by atoms with Crippen LogP contribution in [0, 0.1) is 11.8 Å². The fourth-order valence-corrected chi connectivity index (χ4v) is 4.47. The van der Waals surface area contributed by atoms with Gasteiger partial charge in [-0.1, -0.05) is 19.8 Å². The van der Waals surface area contributed by atoms with Crippen molar-refractivity contribution in [2.45, 2.75) is 70.0 Å². The van der Waals surface area contributed by atoms with Crippen LogP contribution in [0.4, 0.5) is 0 Å². The van der Waals surface area contributed by atoms with E-state index in [0.29, 0.717) is 18.0 Å². The first kappa shape index (κ1) is 14.3. The third-order valence-corrected chi connectivity index (χ3v) is 5.88. The van der Waals surface area contributed by atoms with Gasteiger partial charge in [-0.2, -0.15) is 0 Å². The van der Waals surface area contributed by atoms with Gasteiger partial charge in [-0.15, -0.1) is 0 Å². The van der Waals surface area contributed by atoms with Gasteiger partial charge in [0.05, 0.1) is 0 Å². The van der Waals surface area contributed by atoms with E-state index in [2.05, 4.69) is 17.1 Å². The van der Waals surface area contributed by atoms with Gasteiger partial charge in [-0.3, -0.25) is 9.69 Å². The lowest BCUT2D eigenvalue weighted by atomic mass is 9.76. The lowest BCUT2D eigenvalue weighted by Crippen LogP contribution is -2.51. The Labute approximate surface area is 122 Å². The maximum Gasteiger partial charge on any atom is 0.223 e. The Hall–Kier alpha value is -0.610. The van der Waals surface area contributed by atoms with Crippen LogP contribution in [-0.4, -0.2) is 42.0 Å². The van der Waals surface area contributed by atoms with Crippen molar-refractivity contribution in [3.8, 4) is 0 Å². The summed E-state index contributed by atoms with van der Waals surface area (Å²) in [5.74, 6) is 0.731. The molecule has 0 radical (unpaired) electrons. The molecule has 0 bridgehead atoms. The van der Waals surface area contributed by atoms with Gasteiger partial charge < -0.3 is 11.1 Å². The third kappa shape index (κ3) is 2.73. The Kier molecular flexibility index (Phi) is 4.32. The van der Waals surface area contributed by atoms with Crippen LogP contribution < -0.4 is 11.1 Å². The van der Waals surface area contributed by atoms with E-state index < -0.39 is 0 Å². The average Bonchev–Trinajstić information content (AvgIpc) is 2.85. The Bertz CT molecular complexity index is 360. The molecule has 5 unspecified atom stereocenters. The van der Waals surface area contributed by atoms with Crippen molar-refractivity contribution in [2.75, 3.05) is 13.1 Å². The molecular formula is C16H29N3O. The molecule has 2 heterocycles. The van der Waals surface area contributed by atoms with Crippen molar-refractivity contribution in [2.24, 2.45) is 17.6 Å². The van der Waals surface area contributed by atoms with Gasteiger partial charge in [0.25, 0.3) is 0 Å². The standard InChI is InChI=1S/C16H29N3O/c1-11-12(5-4-6-13(11)17)16(20)18-14-8-10-19-9-3-2-7-15(14)19/h11-15H,2-10,17H2,1H3,(H,18,20). The highest BCUT2D eigenvalue weighted by Gasteiger charge is 2.39. The number of carbonyl (C=O) groups is 1. The molecule has 3 aliphatic rings. The average molecular weight is 279 g/mol. The number of fused-ring (bicyclic) bond motifs is 1. The molecule has 0 spiro atoms. The number of hydrogen-bond acceptors (Lipinski definition) is 3. The maximum absolute atomic E-state index is 12.6. The fourth-order valence-electron chi connectivity index (χ4n) is 4.47. The second-order valence-electron chi connectivity index (χ2n) is 7.06. The van der Waals surface area contributed by atoms with Gasteiger partial charge in [0, 0.05) is 30.6 Å². The van der Waals surface area contributed by atoms with Crippen LogP contribution in [0.15, 0.2) is 0 Å². The van der Waals surface area contributed by atoms with Crippen LogP contribution in [-0.2, 0) is 4.79 Å². The van der Waals surface area contributed by atoms with E-state index in [0.717, 1.165) is 32.2 Å². The van der Waals surface area contributed by atoms with Crippen molar-refractivity contribution in [1.82, 2.24) is 10.2 Å². The smallest absolute Gasteiger partial charge is 0.223 e. The molecule has 1 aliphatic carbocycles. The van der Waals surface area contributed by atoms with E-state index in [9.17, 15) is 4.79 Å². The second-order valence-corrected chi connectivity index (χ2v) is 7.06. The zero-order valence-electron chi connectivity index (χ0n) is 12.7. The fraction of sp³-hybridized carbons (Fsp3) is 0.938. The van der Waals surface area contributed by atoms with Crippen molar-refractivity contribution in [1.29, 1.82) is 0 Å². The number of hydrogen-bond donors (Lipinski definition) is 2. The number of carbonyl (C=O) groups excluding carboxylic acids is 1. The quantitative estimate of drug-likeness (QED) is 0.805. The van der Waals surface area contributed by atoms with Gasteiger partial charge in [0.1, 0.15) is 0 Å². The highest BCUT2D eigenvalue weighted by molar-refractivity contribution is 5.79. The molecule has 4 heteroatoms. The molecule has 2 aliphatic heterocycles. The van der Waals surface area contributed by atoms with E-state index in [1.807, 2.05) is 0 Å². The lowest BCUT2D eigenvalue weighted by Gasteiger charge is -2.36. The number of rotatable bonds is 2.